The lowest BCUT2D eigenvalue weighted by molar-refractivity contribution is 0.0366. The molecule has 0 aromatic carbocycles. The molecule has 1 rings (SSSR count). The highest BCUT2D eigenvalue weighted by molar-refractivity contribution is 7.94. The summed E-state index contributed by atoms with van der Waals surface area (Å²) < 4.78 is 2.36. The minimum absolute atomic E-state index is 0.645. The van der Waals surface area contributed by atoms with E-state index < -0.39 is 0 Å². The summed E-state index contributed by atoms with van der Waals surface area (Å²) in [5.41, 5.74) is 0.645. The summed E-state index contributed by atoms with van der Waals surface area (Å²) >= 11 is 1.43. The number of hydrogen-bond acceptors (Lipinski definition) is 3. The summed E-state index contributed by atoms with van der Waals surface area (Å²) in [6.45, 7) is 7.99. The van der Waals surface area contributed by atoms with Gasteiger partial charge < -0.3 is 0 Å². The van der Waals surface area contributed by atoms with Gasteiger partial charge in [-0.1, -0.05) is 33.6 Å². The third-order valence-electron chi connectivity index (χ3n) is 3.82. The average molecular weight is 216 g/mol. The van der Waals surface area contributed by atoms with Crippen molar-refractivity contribution >= 4 is 12.1 Å². The van der Waals surface area contributed by atoms with Crippen LogP contribution in [0, 0.1) is 5.41 Å². The molecule has 0 unspecified atom stereocenters. The summed E-state index contributed by atoms with van der Waals surface area (Å²) in [5.74, 6) is 0. The van der Waals surface area contributed by atoms with Gasteiger partial charge in [-0.25, -0.2) is 4.31 Å². The molecule has 84 valence electrons. The SMILES string of the molecule is CCCN(SN)C1CC(CC)(CC)C1. The minimum Gasteiger partial charge on any atom is -0.264 e. The second kappa shape index (κ2) is 5.38. The lowest BCUT2D eigenvalue weighted by Gasteiger charge is -2.50. The predicted octanol–water partition coefficient (Wildman–Crippen LogP) is 3.19. The molecule has 0 amide bonds. The molecule has 0 heterocycles. The molecule has 1 aliphatic rings. The van der Waals surface area contributed by atoms with Crippen molar-refractivity contribution in [2.45, 2.75) is 58.9 Å². The van der Waals surface area contributed by atoms with Gasteiger partial charge in [-0.3, -0.25) is 5.14 Å². The van der Waals surface area contributed by atoms with Gasteiger partial charge >= 0.3 is 0 Å². The Kier molecular flexibility index (Phi) is 4.74. The van der Waals surface area contributed by atoms with Gasteiger partial charge in [0.15, 0.2) is 0 Å². The first kappa shape index (κ1) is 12.3. The molecule has 0 saturated heterocycles. The highest BCUT2D eigenvalue weighted by atomic mass is 32.2. The van der Waals surface area contributed by atoms with Crippen molar-refractivity contribution in [2.75, 3.05) is 6.54 Å². The molecule has 0 spiro atoms. The van der Waals surface area contributed by atoms with E-state index in [9.17, 15) is 0 Å². The maximum absolute atomic E-state index is 5.68. The Morgan fingerprint density at radius 1 is 1.29 bits per heavy atom. The van der Waals surface area contributed by atoms with Crippen LogP contribution in [0.15, 0.2) is 0 Å². The molecular weight excluding hydrogens is 192 g/mol. The van der Waals surface area contributed by atoms with Crippen LogP contribution in [0.5, 0.6) is 0 Å². The fraction of sp³-hybridized carbons (Fsp3) is 1.00. The van der Waals surface area contributed by atoms with Gasteiger partial charge in [-0.05, 0) is 24.7 Å². The molecule has 0 aromatic heterocycles. The van der Waals surface area contributed by atoms with E-state index in [0.29, 0.717) is 5.41 Å². The summed E-state index contributed by atoms with van der Waals surface area (Å²) in [5, 5.41) is 5.68. The standard InChI is InChI=1S/C11H24N2S/c1-4-7-13(14-12)10-8-11(5-2,6-3)9-10/h10H,4-9,12H2,1-3H3. The predicted molar refractivity (Wildman–Crippen MR) is 64.8 cm³/mol. The third-order valence-corrected chi connectivity index (χ3v) is 4.58. The van der Waals surface area contributed by atoms with Crippen molar-refractivity contribution in [1.29, 1.82) is 0 Å². The van der Waals surface area contributed by atoms with E-state index in [-0.39, 0.29) is 0 Å². The molecule has 3 heteroatoms. The van der Waals surface area contributed by atoms with Crippen LogP contribution in [0.3, 0.4) is 0 Å². The molecule has 2 N–H and O–H groups in total. The quantitative estimate of drug-likeness (QED) is 0.691. The zero-order valence-corrected chi connectivity index (χ0v) is 10.6. The normalized spacial score (nSPS) is 21.2. The third kappa shape index (κ3) is 2.44. The molecular formula is C11H24N2S. The van der Waals surface area contributed by atoms with Gasteiger partial charge in [0.25, 0.3) is 0 Å². The molecule has 0 atom stereocenters. The number of hydrogen-bond donors (Lipinski definition) is 1. The molecule has 0 bridgehead atoms. The molecule has 14 heavy (non-hydrogen) atoms. The average Bonchev–Trinajstić information content (AvgIpc) is 2.16. The second-order valence-corrected chi connectivity index (χ2v) is 5.20. The number of nitrogens with two attached hydrogens (primary N) is 1. The Bertz CT molecular complexity index is 161. The monoisotopic (exact) mass is 216 g/mol. The summed E-state index contributed by atoms with van der Waals surface area (Å²) in [4.78, 5) is 0. The van der Waals surface area contributed by atoms with Crippen LogP contribution in [-0.2, 0) is 0 Å². The first-order valence-electron chi connectivity index (χ1n) is 5.84. The fourth-order valence-corrected chi connectivity index (χ4v) is 3.12. The van der Waals surface area contributed by atoms with Crippen molar-refractivity contribution in [3.05, 3.63) is 0 Å². The van der Waals surface area contributed by atoms with E-state index in [2.05, 4.69) is 25.1 Å². The largest absolute Gasteiger partial charge is 0.264 e. The lowest BCUT2D eigenvalue weighted by atomic mass is 9.62. The topological polar surface area (TPSA) is 29.3 Å². The van der Waals surface area contributed by atoms with Gasteiger partial charge in [-0.15, -0.1) is 0 Å². The maximum atomic E-state index is 5.68. The van der Waals surface area contributed by atoms with Crippen LogP contribution >= 0.6 is 12.1 Å². The zero-order valence-electron chi connectivity index (χ0n) is 9.75. The summed E-state index contributed by atoms with van der Waals surface area (Å²) in [6.07, 6.45) is 6.56. The van der Waals surface area contributed by atoms with Crippen LogP contribution in [0.2, 0.25) is 0 Å². The van der Waals surface area contributed by atoms with Gasteiger partial charge in [-0.2, -0.15) is 0 Å². The van der Waals surface area contributed by atoms with E-state index in [1.54, 1.807) is 0 Å². The summed E-state index contributed by atoms with van der Waals surface area (Å²) in [7, 11) is 0. The smallest absolute Gasteiger partial charge is 0.0225 e. The second-order valence-electron chi connectivity index (χ2n) is 4.52. The van der Waals surface area contributed by atoms with Crippen molar-refractivity contribution < 1.29 is 0 Å². The first-order chi connectivity index (χ1) is 6.71. The van der Waals surface area contributed by atoms with Gasteiger partial charge in [0.05, 0.1) is 0 Å². The van der Waals surface area contributed by atoms with Crippen LogP contribution in [-0.4, -0.2) is 16.9 Å². The summed E-state index contributed by atoms with van der Waals surface area (Å²) in [6, 6.07) is 0.741. The van der Waals surface area contributed by atoms with Crippen LogP contribution < -0.4 is 5.14 Å². The fourth-order valence-electron chi connectivity index (χ4n) is 2.51. The lowest BCUT2D eigenvalue weighted by Crippen LogP contribution is -2.48. The van der Waals surface area contributed by atoms with Crippen LogP contribution in [0.25, 0.3) is 0 Å². The number of nitrogens with zero attached hydrogens (tertiary/aromatic N) is 1. The Balaban J connectivity index is 2.37. The molecule has 1 saturated carbocycles. The van der Waals surface area contributed by atoms with Crippen LogP contribution in [0.1, 0.15) is 52.9 Å². The molecule has 2 nitrogen and oxygen atoms in total. The first-order valence-corrected chi connectivity index (χ1v) is 6.68. The molecule has 0 radical (unpaired) electrons. The Hall–Kier alpha value is 0.270. The molecule has 0 aliphatic heterocycles. The Morgan fingerprint density at radius 3 is 2.21 bits per heavy atom. The highest BCUT2D eigenvalue weighted by Crippen LogP contribution is 2.49. The Morgan fingerprint density at radius 2 is 1.86 bits per heavy atom. The van der Waals surface area contributed by atoms with Gasteiger partial charge in [0, 0.05) is 24.7 Å². The molecule has 1 fully saturated rings. The van der Waals surface area contributed by atoms with Gasteiger partial charge in [0.2, 0.25) is 0 Å². The minimum atomic E-state index is 0.645. The number of rotatable bonds is 6. The van der Waals surface area contributed by atoms with E-state index >= 15 is 0 Å². The van der Waals surface area contributed by atoms with Gasteiger partial charge in [0.1, 0.15) is 0 Å². The highest BCUT2D eigenvalue weighted by Gasteiger charge is 2.43. The molecule has 1 aliphatic carbocycles. The van der Waals surface area contributed by atoms with Crippen molar-refractivity contribution in [2.24, 2.45) is 10.6 Å². The van der Waals surface area contributed by atoms with Crippen molar-refractivity contribution in [1.82, 2.24) is 4.31 Å². The van der Waals surface area contributed by atoms with E-state index in [4.69, 9.17) is 5.14 Å². The Labute approximate surface area is 92.9 Å². The van der Waals surface area contributed by atoms with Crippen molar-refractivity contribution in [3.8, 4) is 0 Å². The van der Waals surface area contributed by atoms with Crippen molar-refractivity contribution in [3.63, 3.8) is 0 Å². The van der Waals surface area contributed by atoms with E-state index in [1.807, 2.05) is 0 Å². The van der Waals surface area contributed by atoms with E-state index in [0.717, 1.165) is 12.6 Å². The van der Waals surface area contributed by atoms with E-state index in [1.165, 1.54) is 44.2 Å². The maximum Gasteiger partial charge on any atom is 0.0225 e. The molecule has 0 aromatic rings. The van der Waals surface area contributed by atoms with Crippen LogP contribution in [0.4, 0.5) is 0 Å². The zero-order chi connectivity index (χ0) is 10.6.